The van der Waals surface area contributed by atoms with Gasteiger partial charge in [0.1, 0.15) is 5.70 Å². The standard InChI is InChI=1S/C31H22Cl3N3O5S/c32-23-7-4-8-24(33)22(23)16-27(37-29(39)18-5-2-1-3-6-18)30(40)35-20-10-12-21(13-11-20)43-17-28(38)36-26-15-19(31(41)42)9-14-25(26)34/h1-16H,17H2,(H,35,40)(H,36,38)(H,37,39)(H,41,42)/b27-16-. The number of thioether (sulfide) groups is 1. The molecule has 4 rings (SSSR count). The number of carbonyl (C=O) groups excluding carboxylic acids is 3. The highest BCUT2D eigenvalue weighted by atomic mass is 35.5. The second kappa shape index (κ2) is 14.8. The van der Waals surface area contributed by atoms with Gasteiger partial charge in [0.05, 0.1) is 22.0 Å². The lowest BCUT2D eigenvalue weighted by Gasteiger charge is -2.13. The summed E-state index contributed by atoms with van der Waals surface area (Å²) in [7, 11) is 0. The summed E-state index contributed by atoms with van der Waals surface area (Å²) in [5.41, 5.74) is 1.27. The van der Waals surface area contributed by atoms with Crippen molar-refractivity contribution < 1.29 is 24.3 Å². The Morgan fingerprint density at radius 1 is 0.744 bits per heavy atom. The minimum Gasteiger partial charge on any atom is -0.478 e. The van der Waals surface area contributed by atoms with Crippen molar-refractivity contribution in [3.05, 3.63) is 128 Å². The van der Waals surface area contributed by atoms with E-state index in [2.05, 4.69) is 16.0 Å². The SMILES string of the molecule is O=C(CSc1ccc(NC(=O)/C(=C/c2c(Cl)cccc2Cl)NC(=O)c2ccccc2)cc1)Nc1cc(C(=O)O)ccc1Cl. The molecule has 0 aromatic heterocycles. The topological polar surface area (TPSA) is 125 Å². The minimum atomic E-state index is -1.14. The van der Waals surface area contributed by atoms with Crippen molar-refractivity contribution in [1.29, 1.82) is 0 Å². The van der Waals surface area contributed by atoms with Gasteiger partial charge in [0.2, 0.25) is 5.91 Å². The Kier molecular flexibility index (Phi) is 10.9. The lowest BCUT2D eigenvalue weighted by Crippen LogP contribution is -2.30. The molecule has 3 amide bonds. The number of hydrogen-bond donors (Lipinski definition) is 4. The highest BCUT2D eigenvalue weighted by Crippen LogP contribution is 2.28. The summed E-state index contributed by atoms with van der Waals surface area (Å²) in [6, 6.07) is 24.1. The van der Waals surface area contributed by atoms with E-state index in [9.17, 15) is 19.2 Å². The van der Waals surface area contributed by atoms with Crippen molar-refractivity contribution >= 4 is 87.7 Å². The summed E-state index contributed by atoms with van der Waals surface area (Å²) >= 11 is 19.9. The molecule has 4 N–H and O–H groups in total. The molecule has 218 valence electrons. The molecule has 0 saturated carbocycles. The number of anilines is 2. The molecular weight excluding hydrogens is 633 g/mol. The van der Waals surface area contributed by atoms with E-state index in [1.54, 1.807) is 72.8 Å². The van der Waals surface area contributed by atoms with Gasteiger partial charge in [-0.05, 0) is 72.8 Å². The largest absolute Gasteiger partial charge is 0.478 e. The molecule has 0 spiro atoms. The van der Waals surface area contributed by atoms with E-state index in [1.807, 2.05) is 0 Å². The second-order valence-corrected chi connectivity index (χ2v) is 11.1. The molecule has 4 aromatic carbocycles. The first-order chi connectivity index (χ1) is 20.6. The van der Waals surface area contributed by atoms with Crippen molar-refractivity contribution in [2.45, 2.75) is 4.90 Å². The number of rotatable bonds is 10. The van der Waals surface area contributed by atoms with E-state index < -0.39 is 17.8 Å². The van der Waals surface area contributed by atoms with Gasteiger partial charge in [0, 0.05) is 31.8 Å². The highest BCUT2D eigenvalue weighted by molar-refractivity contribution is 8.00. The first-order valence-corrected chi connectivity index (χ1v) is 14.6. The number of nitrogens with one attached hydrogen (secondary N) is 3. The first kappa shape index (κ1) is 31.7. The highest BCUT2D eigenvalue weighted by Gasteiger charge is 2.17. The Morgan fingerprint density at radius 3 is 2.07 bits per heavy atom. The van der Waals surface area contributed by atoms with Gasteiger partial charge in [0.25, 0.3) is 11.8 Å². The lowest BCUT2D eigenvalue weighted by atomic mass is 10.1. The van der Waals surface area contributed by atoms with E-state index in [0.29, 0.717) is 26.9 Å². The Bertz CT molecular complexity index is 1690. The number of carbonyl (C=O) groups is 4. The van der Waals surface area contributed by atoms with Crippen LogP contribution in [0, 0.1) is 0 Å². The first-order valence-electron chi connectivity index (χ1n) is 12.5. The number of amides is 3. The molecule has 0 fully saturated rings. The molecule has 0 aliphatic rings. The normalized spacial score (nSPS) is 11.0. The van der Waals surface area contributed by atoms with Crippen molar-refractivity contribution in [1.82, 2.24) is 5.32 Å². The summed E-state index contributed by atoms with van der Waals surface area (Å²) in [5, 5.41) is 18.0. The molecule has 0 saturated heterocycles. The van der Waals surface area contributed by atoms with Crippen LogP contribution in [0.2, 0.25) is 15.1 Å². The molecule has 0 bridgehead atoms. The average Bonchev–Trinajstić information content (AvgIpc) is 2.99. The molecule has 0 aliphatic heterocycles. The zero-order valence-corrected chi connectivity index (χ0v) is 25.2. The summed E-state index contributed by atoms with van der Waals surface area (Å²) in [5.74, 6) is -2.60. The van der Waals surface area contributed by atoms with Crippen LogP contribution in [0.3, 0.4) is 0 Å². The summed E-state index contributed by atoms with van der Waals surface area (Å²) < 4.78 is 0. The molecule has 43 heavy (non-hydrogen) atoms. The number of hydrogen-bond acceptors (Lipinski definition) is 5. The maximum Gasteiger partial charge on any atom is 0.335 e. The molecule has 4 aromatic rings. The van der Waals surface area contributed by atoms with Gasteiger partial charge < -0.3 is 21.1 Å². The number of carboxylic acids is 1. The van der Waals surface area contributed by atoms with Gasteiger partial charge in [-0.25, -0.2) is 4.79 Å². The summed E-state index contributed by atoms with van der Waals surface area (Å²) in [4.78, 5) is 50.5. The molecule has 0 heterocycles. The monoisotopic (exact) mass is 653 g/mol. The summed E-state index contributed by atoms with van der Waals surface area (Å²) in [6.45, 7) is 0. The number of benzene rings is 4. The number of aromatic carboxylic acids is 1. The van der Waals surface area contributed by atoms with E-state index >= 15 is 0 Å². The zero-order chi connectivity index (χ0) is 30.9. The Balaban J connectivity index is 1.43. The van der Waals surface area contributed by atoms with E-state index in [-0.39, 0.29) is 33.6 Å². The van der Waals surface area contributed by atoms with Gasteiger partial charge in [-0.1, -0.05) is 59.1 Å². The van der Waals surface area contributed by atoms with Gasteiger partial charge >= 0.3 is 5.97 Å². The quantitative estimate of drug-likeness (QED) is 0.104. The van der Waals surface area contributed by atoms with Crippen LogP contribution in [-0.4, -0.2) is 34.6 Å². The van der Waals surface area contributed by atoms with Crippen LogP contribution in [0.4, 0.5) is 11.4 Å². The van der Waals surface area contributed by atoms with Gasteiger partial charge in [-0.15, -0.1) is 11.8 Å². The van der Waals surface area contributed by atoms with Crippen molar-refractivity contribution in [3.63, 3.8) is 0 Å². The molecule has 0 aliphatic carbocycles. The summed E-state index contributed by atoms with van der Waals surface area (Å²) in [6.07, 6.45) is 1.40. The smallest absolute Gasteiger partial charge is 0.335 e. The van der Waals surface area contributed by atoms with Crippen molar-refractivity contribution in [2.75, 3.05) is 16.4 Å². The van der Waals surface area contributed by atoms with Crippen molar-refractivity contribution in [3.8, 4) is 0 Å². The van der Waals surface area contributed by atoms with Crippen LogP contribution in [0.15, 0.2) is 102 Å². The fourth-order valence-corrected chi connectivity index (χ4v) is 5.03. The molecule has 12 heteroatoms. The second-order valence-electron chi connectivity index (χ2n) is 8.83. The third-order valence-electron chi connectivity index (χ3n) is 5.79. The third-order valence-corrected chi connectivity index (χ3v) is 7.79. The third kappa shape index (κ3) is 8.86. The van der Waals surface area contributed by atoms with Crippen LogP contribution in [0.5, 0.6) is 0 Å². The van der Waals surface area contributed by atoms with Gasteiger partial charge in [-0.3, -0.25) is 14.4 Å². The van der Waals surface area contributed by atoms with Crippen LogP contribution in [-0.2, 0) is 9.59 Å². The average molecular weight is 655 g/mol. The van der Waals surface area contributed by atoms with Crippen LogP contribution >= 0.6 is 46.6 Å². The number of carboxylic acid groups (broad SMARTS) is 1. The lowest BCUT2D eigenvalue weighted by molar-refractivity contribution is -0.114. The molecule has 0 atom stereocenters. The van der Waals surface area contributed by atoms with Gasteiger partial charge in [-0.2, -0.15) is 0 Å². The maximum absolute atomic E-state index is 13.3. The fourth-order valence-electron chi connectivity index (χ4n) is 3.66. The Hall–Kier alpha value is -4.28. The minimum absolute atomic E-state index is 0.00223. The molecular formula is C31H22Cl3N3O5S. The maximum atomic E-state index is 13.3. The van der Waals surface area contributed by atoms with Gasteiger partial charge in [0.15, 0.2) is 0 Å². The van der Waals surface area contributed by atoms with Crippen LogP contribution in [0.1, 0.15) is 26.3 Å². The van der Waals surface area contributed by atoms with Crippen molar-refractivity contribution in [2.24, 2.45) is 0 Å². The van der Waals surface area contributed by atoms with E-state index in [1.165, 1.54) is 36.0 Å². The Morgan fingerprint density at radius 2 is 1.42 bits per heavy atom. The predicted octanol–water partition coefficient (Wildman–Crippen LogP) is 7.49. The van der Waals surface area contributed by atoms with E-state index in [0.717, 1.165) is 4.90 Å². The zero-order valence-electron chi connectivity index (χ0n) is 22.1. The Labute approximate surface area is 266 Å². The van der Waals surface area contributed by atoms with Crippen LogP contribution in [0.25, 0.3) is 6.08 Å². The molecule has 0 radical (unpaired) electrons. The number of halogens is 3. The molecule has 0 unspecified atom stereocenters. The predicted molar refractivity (Wildman–Crippen MR) is 171 cm³/mol. The molecule has 8 nitrogen and oxygen atoms in total. The van der Waals surface area contributed by atoms with Crippen LogP contribution < -0.4 is 16.0 Å². The van der Waals surface area contributed by atoms with E-state index in [4.69, 9.17) is 39.9 Å². The fraction of sp³-hybridized carbons (Fsp3) is 0.0323.